The lowest BCUT2D eigenvalue weighted by molar-refractivity contribution is 0.265. The summed E-state index contributed by atoms with van der Waals surface area (Å²) < 4.78 is 0. The first-order chi connectivity index (χ1) is 6.72. The van der Waals surface area contributed by atoms with Gasteiger partial charge in [0.1, 0.15) is 0 Å². The molecule has 1 aliphatic rings. The molecule has 1 fully saturated rings. The van der Waals surface area contributed by atoms with E-state index in [-0.39, 0.29) is 0 Å². The van der Waals surface area contributed by atoms with Crippen molar-refractivity contribution in [3.63, 3.8) is 0 Å². The Morgan fingerprint density at radius 1 is 1.21 bits per heavy atom. The lowest BCUT2D eigenvalue weighted by Crippen LogP contribution is -2.37. The van der Waals surface area contributed by atoms with Crippen LogP contribution < -0.4 is 5.32 Å². The van der Waals surface area contributed by atoms with E-state index in [9.17, 15) is 0 Å². The Morgan fingerprint density at radius 3 is 2.36 bits per heavy atom. The summed E-state index contributed by atoms with van der Waals surface area (Å²) in [6, 6.07) is 0.688. The molecule has 0 heterocycles. The molecule has 0 unspecified atom stereocenters. The fourth-order valence-electron chi connectivity index (χ4n) is 2.55. The van der Waals surface area contributed by atoms with Crippen LogP contribution in [-0.4, -0.2) is 38.6 Å². The highest BCUT2D eigenvalue weighted by Crippen LogP contribution is 2.27. The van der Waals surface area contributed by atoms with E-state index < -0.39 is 0 Å². The molecule has 1 saturated carbocycles. The molecule has 0 saturated heterocycles. The number of hydrogen-bond donors (Lipinski definition) is 1. The molecule has 0 aliphatic heterocycles. The monoisotopic (exact) mass is 198 g/mol. The van der Waals surface area contributed by atoms with Gasteiger partial charge in [0.2, 0.25) is 0 Å². The van der Waals surface area contributed by atoms with Gasteiger partial charge < -0.3 is 10.2 Å². The molecule has 1 N–H and O–H groups in total. The van der Waals surface area contributed by atoms with Crippen molar-refractivity contribution in [2.24, 2.45) is 5.92 Å². The third-order valence-electron chi connectivity index (χ3n) is 3.34. The van der Waals surface area contributed by atoms with Crippen LogP contribution in [0.25, 0.3) is 0 Å². The minimum Gasteiger partial charge on any atom is -0.316 e. The van der Waals surface area contributed by atoms with Gasteiger partial charge >= 0.3 is 0 Å². The Morgan fingerprint density at radius 2 is 1.86 bits per heavy atom. The fraction of sp³-hybridized carbons (Fsp3) is 1.00. The molecule has 0 amide bonds. The smallest absolute Gasteiger partial charge is 0.0194 e. The molecule has 2 heteroatoms. The van der Waals surface area contributed by atoms with E-state index in [0.717, 1.165) is 5.92 Å². The summed E-state index contributed by atoms with van der Waals surface area (Å²) in [6.07, 6.45) is 8.69. The molecule has 0 aromatic rings. The highest BCUT2D eigenvalue weighted by atomic mass is 15.1. The van der Waals surface area contributed by atoms with Crippen LogP contribution in [0.4, 0.5) is 0 Å². The molecular formula is C12H26N2. The van der Waals surface area contributed by atoms with Crippen molar-refractivity contribution < 1.29 is 0 Å². The minimum atomic E-state index is 0.688. The maximum absolute atomic E-state index is 3.44. The van der Waals surface area contributed by atoms with Gasteiger partial charge in [0.05, 0.1) is 0 Å². The highest BCUT2D eigenvalue weighted by molar-refractivity contribution is 4.75. The predicted octanol–water partition coefficient (Wildman–Crippen LogP) is 2.11. The molecule has 84 valence electrons. The Labute approximate surface area is 89.1 Å². The van der Waals surface area contributed by atoms with Crippen LogP contribution in [0.1, 0.15) is 38.5 Å². The number of nitrogens with zero attached hydrogens (tertiary/aromatic N) is 1. The zero-order valence-electron chi connectivity index (χ0n) is 10.1. The van der Waals surface area contributed by atoms with E-state index in [1.807, 2.05) is 0 Å². The van der Waals surface area contributed by atoms with Gasteiger partial charge in [0.25, 0.3) is 0 Å². The van der Waals surface area contributed by atoms with Crippen LogP contribution in [-0.2, 0) is 0 Å². The van der Waals surface area contributed by atoms with E-state index in [1.54, 1.807) is 0 Å². The van der Waals surface area contributed by atoms with Crippen molar-refractivity contribution in [3.8, 4) is 0 Å². The van der Waals surface area contributed by atoms with E-state index in [1.165, 1.54) is 45.1 Å². The quantitative estimate of drug-likeness (QED) is 0.728. The minimum absolute atomic E-state index is 0.688. The van der Waals surface area contributed by atoms with Gasteiger partial charge in [0.15, 0.2) is 0 Å². The first kappa shape index (κ1) is 12.0. The predicted molar refractivity (Wildman–Crippen MR) is 62.6 cm³/mol. The molecule has 1 atom stereocenters. The van der Waals surface area contributed by atoms with Crippen LogP contribution in [0, 0.1) is 5.92 Å². The first-order valence-corrected chi connectivity index (χ1v) is 6.04. The van der Waals surface area contributed by atoms with Crippen LogP contribution in [0.15, 0.2) is 0 Å². The zero-order valence-corrected chi connectivity index (χ0v) is 10.1. The third kappa shape index (κ3) is 4.43. The Balaban J connectivity index is 2.23. The summed E-state index contributed by atoms with van der Waals surface area (Å²) >= 11 is 0. The average Bonchev–Trinajstić information content (AvgIpc) is 2.17. The summed E-state index contributed by atoms with van der Waals surface area (Å²) in [7, 11) is 6.41. The van der Waals surface area contributed by atoms with Crippen molar-refractivity contribution in [2.45, 2.75) is 44.6 Å². The standard InChI is InChI=1S/C12H26N2/c1-13-12(10-14(2)3)9-11-7-5-4-6-8-11/h11-13H,4-10H2,1-3H3/t12-/m0/s1. The highest BCUT2D eigenvalue weighted by Gasteiger charge is 2.18. The van der Waals surface area contributed by atoms with Crippen molar-refractivity contribution in [1.82, 2.24) is 10.2 Å². The largest absolute Gasteiger partial charge is 0.316 e. The Hall–Kier alpha value is -0.0800. The van der Waals surface area contributed by atoms with Gasteiger partial charge in [-0.15, -0.1) is 0 Å². The maximum Gasteiger partial charge on any atom is 0.0194 e. The molecule has 0 aromatic carbocycles. The molecular weight excluding hydrogens is 172 g/mol. The molecule has 0 spiro atoms. The molecule has 0 aromatic heterocycles. The molecule has 0 bridgehead atoms. The van der Waals surface area contributed by atoms with Gasteiger partial charge in [-0.25, -0.2) is 0 Å². The molecule has 1 aliphatic carbocycles. The van der Waals surface area contributed by atoms with Gasteiger partial charge in [-0.05, 0) is 33.5 Å². The second kappa shape index (κ2) is 6.41. The van der Waals surface area contributed by atoms with Crippen molar-refractivity contribution in [3.05, 3.63) is 0 Å². The van der Waals surface area contributed by atoms with Crippen LogP contribution in [0.5, 0.6) is 0 Å². The molecule has 0 radical (unpaired) electrons. The van der Waals surface area contributed by atoms with E-state index >= 15 is 0 Å². The summed E-state index contributed by atoms with van der Waals surface area (Å²) in [4.78, 5) is 2.28. The summed E-state index contributed by atoms with van der Waals surface area (Å²) in [5.74, 6) is 0.987. The molecule has 2 nitrogen and oxygen atoms in total. The van der Waals surface area contributed by atoms with E-state index in [2.05, 4.69) is 31.4 Å². The van der Waals surface area contributed by atoms with Gasteiger partial charge in [-0.1, -0.05) is 32.1 Å². The van der Waals surface area contributed by atoms with Crippen molar-refractivity contribution >= 4 is 0 Å². The number of hydrogen-bond acceptors (Lipinski definition) is 2. The SMILES string of the molecule is CN[C@@H](CC1CCCCC1)CN(C)C. The topological polar surface area (TPSA) is 15.3 Å². The Bertz CT molecular complexity index is 139. The fourth-order valence-corrected chi connectivity index (χ4v) is 2.55. The van der Waals surface area contributed by atoms with Gasteiger partial charge in [-0.2, -0.15) is 0 Å². The number of likely N-dealkylation sites (N-methyl/N-ethyl adjacent to an activating group) is 2. The van der Waals surface area contributed by atoms with Gasteiger partial charge in [-0.3, -0.25) is 0 Å². The lowest BCUT2D eigenvalue weighted by Gasteiger charge is -2.28. The summed E-state index contributed by atoms with van der Waals surface area (Å²) in [5.41, 5.74) is 0. The van der Waals surface area contributed by atoms with Crippen molar-refractivity contribution in [2.75, 3.05) is 27.7 Å². The molecule has 1 rings (SSSR count). The van der Waals surface area contributed by atoms with E-state index in [0.29, 0.717) is 6.04 Å². The second-order valence-corrected chi connectivity index (χ2v) is 4.99. The normalized spacial score (nSPS) is 21.4. The summed E-state index contributed by atoms with van der Waals surface area (Å²) in [6.45, 7) is 1.17. The van der Waals surface area contributed by atoms with Crippen molar-refractivity contribution in [1.29, 1.82) is 0 Å². The third-order valence-corrected chi connectivity index (χ3v) is 3.34. The van der Waals surface area contributed by atoms with Crippen LogP contribution in [0.3, 0.4) is 0 Å². The van der Waals surface area contributed by atoms with Gasteiger partial charge in [0, 0.05) is 12.6 Å². The summed E-state index contributed by atoms with van der Waals surface area (Å²) in [5, 5.41) is 3.44. The zero-order chi connectivity index (χ0) is 10.4. The Kier molecular flexibility index (Phi) is 5.49. The maximum atomic E-state index is 3.44. The number of rotatable bonds is 5. The van der Waals surface area contributed by atoms with Crippen LogP contribution >= 0.6 is 0 Å². The van der Waals surface area contributed by atoms with E-state index in [4.69, 9.17) is 0 Å². The number of nitrogens with one attached hydrogen (secondary N) is 1. The average molecular weight is 198 g/mol. The van der Waals surface area contributed by atoms with Crippen LogP contribution in [0.2, 0.25) is 0 Å². The first-order valence-electron chi connectivity index (χ1n) is 6.04. The lowest BCUT2D eigenvalue weighted by atomic mass is 9.85. The molecule has 14 heavy (non-hydrogen) atoms. The second-order valence-electron chi connectivity index (χ2n) is 4.99.